The molecule has 0 saturated carbocycles. The van der Waals surface area contributed by atoms with Crippen molar-refractivity contribution < 1.29 is 23.9 Å². The number of hydrogen-bond acceptors (Lipinski definition) is 5. The Morgan fingerprint density at radius 2 is 1.56 bits per heavy atom. The summed E-state index contributed by atoms with van der Waals surface area (Å²) in [6, 6.07) is 8.84. The second kappa shape index (κ2) is 12.1. The van der Waals surface area contributed by atoms with Gasteiger partial charge in [-0.2, -0.15) is 0 Å². The predicted octanol–water partition coefficient (Wildman–Crippen LogP) is 4.28. The first-order valence-electron chi connectivity index (χ1n) is 12.1. The van der Waals surface area contributed by atoms with Crippen LogP contribution in [0.15, 0.2) is 30.3 Å². The number of carbonyl (C=O) groups is 3. The summed E-state index contributed by atoms with van der Waals surface area (Å²) >= 11 is 0. The maximum absolute atomic E-state index is 12.9. The first-order chi connectivity index (χ1) is 15.8. The van der Waals surface area contributed by atoms with Crippen LogP contribution in [-0.2, 0) is 20.7 Å². The van der Waals surface area contributed by atoms with E-state index >= 15 is 0 Å². The molecule has 0 aromatic heterocycles. The molecule has 0 spiro atoms. The van der Waals surface area contributed by atoms with Crippen molar-refractivity contribution in [3.8, 4) is 0 Å². The summed E-state index contributed by atoms with van der Waals surface area (Å²) in [6.45, 7) is 12.8. The lowest BCUT2D eigenvalue weighted by Crippen LogP contribution is -2.49. The van der Waals surface area contributed by atoms with Gasteiger partial charge in [-0.25, -0.2) is 9.59 Å². The third-order valence-electron chi connectivity index (χ3n) is 5.41. The molecular formula is C26H41N3O5. The molecule has 8 nitrogen and oxygen atoms in total. The molecule has 1 aromatic rings. The van der Waals surface area contributed by atoms with E-state index in [2.05, 4.69) is 10.6 Å². The second-order valence-electron chi connectivity index (χ2n) is 10.9. The van der Waals surface area contributed by atoms with Crippen LogP contribution in [0.25, 0.3) is 0 Å². The molecular weight excluding hydrogens is 434 g/mol. The van der Waals surface area contributed by atoms with E-state index in [1.165, 1.54) is 0 Å². The fraction of sp³-hybridized carbons (Fsp3) is 0.654. The fourth-order valence-corrected chi connectivity index (χ4v) is 3.76. The number of amides is 3. The van der Waals surface area contributed by atoms with Crippen molar-refractivity contribution in [3.63, 3.8) is 0 Å². The monoisotopic (exact) mass is 475 g/mol. The standard InChI is InChI=1S/C26H41N3O5/c1-25(2,3)33-23(31)28-21(18-20-10-8-7-9-11-20)22(30)27-15-12-19-13-16-29(17-14-19)24(32)34-26(4,5)6/h7-11,19,21H,12-18H2,1-6H3,(H,27,30)(H,28,31)/t21-/m1/s1. The van der Waals surface area contributed by atoms with E-state index in [0.717, 1.165) is 24.8 Å². The van der Waals surface area contributed by atoms with E-state index in [4.69, 9.17) is 9.47 Å². The molecule has 1 aliphatic rings. The molecule has 1 saturated heterocycles. The Morgan fingerprint density at radius 1 is 0.971 bits per heavy atom. The summed E-state index contributed by atoms with van der Waals surface area (Å²) in [5, 5.41) is 5.68. The summed E-state index contributed by atoms with van der Waals surface area (Å²) in [7, 11) is 0. The molecule has 2 N–H and O–H groups in total. The van der Waals surface area contributed by atoms with Crippen molar-refractivity contribution in [1.82, 2.24) is 15.5 Å². The van der Waals surface area contributed by atoms with Gasteiger partial charge in [0.05, 0.1) is 0 Å². The van der Waals surface area contributed by atoms with Gasteiger partial charge in [-0.15, -0.1) is 0 Å². The lowest BCUT2D eigenvalue weighted by atomic mass is 9.93. The highest BCUT2D eigenvalue weighted by Crippen LogP contribution is 2.22. The molecule has 1 heterocycles. The Morgan fingerprint density at radius 3 is 2.12 bits per heavy atom. The third-order valence-corrected chi connectivity index (χ3v) is 5.41. The van der Waals surface area contributed by atoms with Crippen LogP contribution in [0.5, 0.6) is 0 Å². The predicted molar refractivity (Wildman–Crippen MR) is 131 cm³/mol. The van der Waals surface area contributed by atoms with E-state index in [1.54, 1.807) is 25.7 Å². The summed E-state index contributed by atoms with van der Waals surface area (Å²) in [5.41, 5.74) is -0.193. The Balaban J connectivity index is 1.83. The van der Waals surface area contributed by atoms with Crippen molar-refractivity contribution in [2.24, 2.45) is 5.92 Å². The number of alkyl carbamates (subject to hydrolysis) is 1. The minimum Gasteiger partial charge on any atom is -0.444 e. The van der Waals surface area contributed by atoms with Crippen molar-refractivity contribution in [2.45, 2.75) is 84.5 Å². The summed E-state index contributed by atoms with van der Waals surface area (Å²) in [4.78, 5) is 39.2. The molecule has 1 aliphatic heterocycles. The van der Waals surface area contributed by atoms with Gasteiger partial charge in [0.1, 0.15) is 17.2 Å². The van der Waals surface area contributed by atoms with Crippen LogP contribution in [0.4, 0.5) is 9.59 Å². The number of ether oxygens (including phenoxy) is 2. The van der Waals surface area contributed by atoms with Crippen molar-refractivity contribution in [2.75, 3.05) is 19.6 Å². The van der Waals surface area contributed by atoms with Crippen LogP contribution in [0.3, 0.4) is 0 Å². The zero-order valence-corrected chi connectivity index (χ0v) is 21.5. The van der Waals surface area contributed by atoms with E-state index in [-0.39, 0.29) is 12.0 Å². The van der Waals surface area contributed by atoms with Gasteiger partial charge in [-0.1, -0.05) is 30.3 Å². The molecule has 0 bridgehead atoms. The van der Waals surface area contributed by atoms with Crippen molar-refractivity contribution >= 4 is 18.1 Å². The van der Waals surface area contributed by atoms with E-state index in [9.17, 15) is 14.4 Å². The molecule has 1 fully saturated rings. The first-order valence-corrected chi connectivity index (χ1v) is 12.1. The van der Waals surface area contributed by atoms with E-state index in [1.807, 2.05) is 51.1 Å². The summed E-state index contributed by atoms with van der Waals surface area (Å²) < 4.78 is 10.8. The number of nitrogens with zero attached hydrogens (tertiary/aromatic N) is 1. The zero-order valence-electron chi connectivity index (χ0n) is 21.5. The van der Waals surface area contributed by atoms with E-state index < -0.39 is 23.3 Å². The highest BCUT2D eigenvalue weighted by molar-refractivity contribution is 5.86. The molecule has 3 amide bonds. The molecule has 2 rings (SSSR count). The van der Waals surface area contributed by atoms with Crippen LogP contribution in [0.2, 0.25) is 0 Å². The highest BCUT2D eigenvalue weighted by atomic mass is 16.6. The average Bonchev–Trinajstić information content (AvgIpc) is 2.72. The lowest BCUT2D eigenvalue weighted by molar-refractivity contribution is -0.123. The van der Waals surface area contributed by atoms with Crippen molar-refractivity contribution in [1.29, 1.82) is 0 Å². The Hall–Kier alpha value is -2.77. The molecule has 190 valence electrons. The molecule has 0 radical (unpaired) electrons. The fourth-order valence-electron chi connectivity index (χ4n) is 3.76. The van der Waals surface area contributed by atoms with Gasteiger partial charge in [-0.3, -0.25) is 4.79 Å². The van der Waals surface area contributed by atoms with Gasteiger partial charge in [0.15, 0.2) is 0 Å². The Bertz CT molecular complexity index is 806. The Labute approximate surface area is 203 Å². The summed E-state index contributed by atoms with van der Waals surface area (Å²) in [5.74, 6) is 0.186. The van der Waals surface area contributed by atoms with Gasteiger partial charge in [-0.05, 0) is 72.3 Å². The zero-order chi connectivity index (χ0) is 25.4. The number of benzene rings is 1. The third kappa shape index (κ3) is 10.4. The number of likely N-dealkylation sites (tertiary alicyclic amines) is 1. The maximum Gasteiger partial charge on any atom is 0.410 e. The minimum atomic E-state index is -0.730. The van der Waals surface area contributed by atoms with Crippen LogP contribution in [-0.4, -0.2) is 59.9 Å². The molecule has 0 aliphatic carbocycles. The van der Waals surface area contributed by atoms with Gasteiger partial charge in [0, 0.05) is 26.1 Å². The molecule has 1 atom stereocenters. The molecule has 34 heavy (non-hydrogen) atoms. The summed E-state index contributed by atoms with van der Waals surface area (Å²) in [6.07, 6.45) is 2.06. The SMILES string of the molecule is CC(C)(C)OC(=O)N[C@H](Cc1ccccc1)C(=O)NCCC1CCN(C(=O)OC(C)(C)C)CC1. The van der Waals surface area contributed by atoms with Crippen LogP contribution < -0.4 is 10.6 Å². The second-order valence-corrected chi connectivity index (χ2v) is 10.9. The molecule has 0 unspecified atom stereocenters. The van der Waals surface area contributed by atoms with Gasteiger partial charge >= 0.3 is 12.2 Å². The topological polar surface area (TPSA) is 97.0 Å². The largest absolute Gasteiger partial charge is 0.444 e. The maximum atomic E-state index is 12.9. The number of rotatable bonds is 7. The van der Waals surface area contributed by atoms with Gasteiger partial charge in [0.2, 0.25) is 5.91 Å². The first kappa shape index (κ1) is 27.5. The smallest absolute Gasteiger partial charge is 0.410 e. The highest BCUT2D eigenvalue weighted by Gasteiger charge is 2.28. The quantitative estimate of drug-likeness (QED) is 0.614. The number of hydrogen-bond donors (Lipinski definition) is 2. The average molecular weight is 476 g/mol. The van der Waals surface area contributed by atoms with Crippen molar-refractivity contribution in [3.05, 3.63) is 35.9 Å². The van der Waals surface area contributed by atoms with Crippen LogP contribution >= 0.6 is 0 Å². The molecule has 8 heteroatoms. The number of piperidine rings is 1. The number of carbonyl (C=O) groups excluding carboxylic acids is 3. The lowest BCUT2D eigenvalue weighted by Gasteiger charge is -2.33. The van der Waals surface area contributed by atoms with Gasteiger partial charge in [0.25, 0.3) is 0 Å². The number of nitrogens with one attached hydrogen (secondary N) is 2. The van der Waals surface area contributed by atoms with E-state index in [0.29, 0.717) is 32.0 Å². The normalized spacial score (nSPS) is 15.9. The van der Waals surface area contributed by atoms with Gasteiger partial charge < -0.3 is 25.0 Å². The Kier molecular flexibility index (Phi) is 9.77. The van der Waals surface area contributed by atoms with Crippen LogP contribution in [0, 0.1) is 5.92 Å². The van der Waals surface area contributed by atoms with Crippen LogP contribution in [0.1, 0.15) is 66.4 Å². The molecule has 1 aromatic carbocycles. The minimum absolute atomic E-state index is 0.235.